The zero-order valence-corrected chi connectivity index (χ0v) is 27.6. The van der Waals surface area contributed by atoms with Crippen molar-refractivity contribution in [3.8, 4) is 11.1 Å². The van der Waals surface area contributed by atoms with Gasteiger partial charge in [0.1, 0.15) is 0 Å². The molecule has 0 saturated heterocycles. The van der Waals surface area contributed by atoms with Gasteiger partial charge in [0.05, 0.1) is 0 Å². The second kappa shape index (κ2) is 13.1. The van der Waals surface area contributed by atoms with Gasteiger partial charge >= 0.3 is 0 Å². The van der Waals surface area contributed by atoms with Crippen LogP contribution >= 0.6 is 0 Å². The number of rotatable bonds is 8. The van der Waals surface area contributed by atoms with E-state index in [0.717, 1.165) is 18.4 Å². The van der Waals surface area contributed by atoms with Crippen LogP contribution in [0.5, 0.6) is 0 Å². The van der Waals surface area contributed by atoms with E-state index in [0.29, 0.717) is 0 Å². The van der Waals surface area contributed by atoms with Crippen molar-refractivity contribution in [2.45, 2.75) is 33.6 Å². The summed E-state index contributed by atoms with van der Waals surface area (Å²) in [5.74, 6) is 0. The van der Waals surface area contributed by atoms with E-state index in [4.69, 9.17) is 0 Å². The summed E-state index contributed by atoms with van der Waals surface area (Å²) >= 11 is 0. The first kappa shape index (κ1) is 30.2. The van der Waals surface area contributed by atoms with Crippen molar-refractivity contribution in [2.24, 2.45) is 0 Å². The molecule has 0 atom stereocenters. The zero-order valence-electron chi connectivity index (χ0n) is 27.6. The van der Waals surface area contributed by atoms with Gasteiger partial charge in [0.25, 0.3) is 0 Å². The molecule has 0 saturated carbocycles. The topological polar surface area (TPSA) is 0 Å². The molecule has 0 aromatic heterocycles. The summed E-state index contributed by atoms with van der Waals surface area (Å²) in [7, 11) is 0. The third-order valence-electron chi connectivity index (χ3n) is 9.53. The Balaban J connectivity index is 1.24. The van der Waals surface area contributed by atoms with E-state index < -0.39 is 0 Å². The number of allylic oxidation sites excluding steroid dienone is 11. The summed E-state index contributed by atoms with van der Waals surface area (Å²) in [5, 5.41) is 7.57. The third kappa shape index (κ3) is 5.51. The lowest BCUT2D eigenvalue weighted by Crippen LogP contribution is -1.93. The zero-order chi connectivity index (χ0) is 32.3. The molecule has 0 N–H and O–H groups in total. The van der Waals surface area contributed by atoms with Gasteiger partial charge in [-0.05, 0) is 115 Å². The summed E-state index contributed by atoms with van der Waals surface area (Å²) in [4.78, 5) is 0. The molecule has 0 nitrogen and oxygen atoms in total. The van der Waals surface area contributed by atoms with Crippen molar-refractivity contribution in [1.29, 1.82) is 0 Å². The van der Waals surface area contributed by atoms with Gasteiger partial charge in [-0.25, -0.2) is 0 Å². The van der Waals surface area contributed by atoms with Crippen molar-refractivity contribution in [3.05, 3.63) is 186 Å². The van der Waals surface area contributed by atoms with Gasteiger partial charge in [0.2, 0.25) is 0 Å². The highest BCUT2D eigenvalue weighted by atomic mass is 14.3. The van der Waals surface area contributed by atoms with E-state index in [1.54, 1.807) is 0 Å². The number of hydrogen-bond acceptors (Lipinski definition) is 0. The van der Waals surface area contributed by atoms with Crippen LogP contribution in [0.1, 0.15) is 50.3 Å². The predicted molar refractivity (Wildman–Crippen MR) is 207 cm³/mol. The summed E-state index contributed by atoms with van der Waals surface area (Å²) in [6.07, 6.45) is 15.3. The van der Waals surface area contributed by atoms with Gasteiger partial charge in [0, 0.05) is 0 Å². The summed E-state index contributed by atoms with van der Waals surface area (Å²) in [6, 6.07) is 41.9. The maximum atomic E-state index is 4.44. The van der Waals surface area contributed by atoms with E-state index in [2.05, 4.69) is 179 Å². The first-order valence-corrected chi connectivity index (χ1v) is 16.7. The van der Waals surface area contributed by atoms with E-state index in [9.17, 15) is 0 Å². The fraction of sp³-hybridized carbons (Fsp3) is 0.106. The maximum Gasteiger partial charge on any atom is -0.00262 e. The normalized spacial score (nSPS) is 14.4. The molecule has 0 unspecified atom stereocenters. The van der Waals surface area contributed by atoms with Crippen molar-refractivity contribution in [1.82, 2.24) is 0 Å². The Kier molecular flexibility index (Phi) is 8.42. The van der Waals surface area contributed by atoms with Gasteiger partial charge in [-0.1, -0.05) is 165 Å². The number of fused-ring (bicyclic) bond motifs is 4. The lowest BCUT2D eigenvalue weighted by Gasteiger charge is -2.18. The highest BCUT2D eigenvalue weighted by Crippen LogP contribution is 2.44. The Bertz CT molecular complexity index is 2270. The molecule has 6 aromatic carbocycles. The minimum Gasteiger partial charge on any atom is -0.0955 e. The molecular weight excluding hydrogens is 565 g/mol. The minimum absolute atomic E-state index is 0.795. The average Bonchev–Trinajstić information content (AvgIpc) is 3.43. The molecular formula is C47H40. The number of hydrogen-bond donors (Lipinski definition) is 0. The molecule has 47 heavy (non-hydrogen) atoms. The van der Waals surface area contributed by atoms with Crippen molar-refractivity contribution < 1.29 is 0 Å². The lowest BCUT2D eigenvalue weighted by atomic mass is 9.85. The standard InChI is InChI=1S/C47H40/c1-5-33(28-27-32(4)17-16-26-40-38(7-3)37(6-2)39-20-10-11-21-41(39)40)46-42-22-12-14-24-44(42)47(45-25-15-13-23-43(45)46)36-30-29-34-18-8-9-19-35(34)31-36/h5-6,8-16,18-31H,4,7,17H2,1-3H3/b26-16-,28-27-,33-5+,37-6+. The van der Waals surface area contributed by atoms with E-state index >= 15 is 0 Å². The fourth-order valence-corrected chi connectivity index (χ4v) is 7.35. The van der Waals surface area contributed by atoms with E-state index in [1.165, 1.54) is 82.4 Å². The fourth-order valence-electron chi connectivity index (χ4n) is 7.35. The second-order valence-electron chi connectivity index (χ2n) is 12.2. The largest absolute Gasteiger partial charge is 0.0955 e. The van der Waals surface area contributed by atoms with Crippen LogP contribution in [0.4, 0.5) is 0 Å². The summed E-state index contributed by atoms with van der Waals surface area (Å²) in [6.45, 7) is 11.0. The van der Waals surface area contributed by atoms with Crippen molar-refractivity contribution >= 4 is 49.0 Å². The minimum atomic E-state index is 0.795. The smallest absolute Gasteiger partial charge is 0.00262 e. The van der Waals surface area contributed by atoms with Gasteiger partial charge < -0.3 is 0 Å². The molecule has 0 radical (unpaired) electrons. The molecule has 1 aliphatic rings. The van der Waals surface area contributed by atoms with Gasteiger partial charge in [0.15, 0.2) is 0 Å². The highest BCUT2D eigenvalue weighted by molar-refractivity contribution is 6.19. The summed E-state index contributed by atoms with van der Waals surface area (Å²) in [5.41, 5.74) is 12.9. The first-order chi connectivity index (χ1) is 23.1. The van der Waals surface area contributed by atoms with Crippen molar-refractivity contribution in [2.75, 3.05) is 0 Å². The SMILES string of the molecule is C=C(/C=C\C(=C/C)c1c2ccccc2c(-c2ccc3ccccc3c2)c2ccccc12)C/C=C\C1=C(CC)C(=C\C)/c2ccccc21. The molecule has 0 heterocycles. The molecule has 1 aliphatic carbocycles. The van der Waals surface area contributed by atoms with E-state index in [1.807, 2.05) is 0 Å². The second-order valence-corrected chi connectivity index (χ2v) is 12.2. The molecule has 6 aromatic rings. The van der Waals surface area contributed by atoms with Crippen LogP contribution in [-0.2, 0) is 0 Å². The maximum absolute atomic E-state index is 4.44. The van der Waals surface area contributed by atoms with Crippen LogP contribution in [0.15, 0.2) is 169 Å². The average molecular weight is 605 g/mol. The van der Waals surface area contributed by atoms with Crippen LogP contribution < -0.4 is 0 Å². The Morgan fingerprint density at radius 1 is 0.660 bits per heavy atom. The monoisotopic (exact) mass is 604 g/mol. The van der Waals surface area contributed by atoms with Crippen LogP contribution in [0.3, 0.4) is 0 Å². The molecule has 0 aliphatic heterocycles. The molecule has 0 bridgehead atoms. The van der Waals surface area contributed by atoms with Gasteiger partial charge in [-0.2, -0.15) is 0 Å². The van der Waals surface area contributed by atoms with Crippen LogP contribution in [0, 0.1) is 0 Å². The van der Waals surface area contributed by atoms with Crippen LogP contribution in [-0.4, -0.2) is 0 Å². The quantitative estimate of drug-likeness (QED) is 0.120. The Morgan fingerprint density at radius 2 is 1.28 bits per heavy atom. The molecule has 0 heteroatoms. The Labute approximate surface area is 279 Å². The Hall–Kier alpha value is -5.46. The van der Waals surface area contributed by atoms with Gasteiger partial charge in [-0.3, -0.25) is 0 Å². The first-order valence-electron chi connectivity index (χ1n) is 16.7. The molecule has 228 valence electrons. The van der Waals surface area contributed by atoms with E-state index in [-0.39, 0.29) is 0 Å². The Morgan fingerprint density at radius 3 is 1.94 bits per heavy atom. The van der Waals surface area contributed by atoms with Gasteiger partial charge in [-0.15, -0.1) is 0 Å². The van der Waals surface area contributed by atoms with Crippen LogP contribution in [0.25, 0.3) is 60.2 Å². The molecule has 0 fully saturated rings. The predicted octanol–water partition coefficient (Wildman–Crippen LogP) is 13.6. The lowest BCUT2D eigenvalue weighted by molar-refractivity contribution is 1.17. The van der Waals surface area contributed by atoms with Crippen molar-refractivity contribution in [3.63, 3.8) is 0 Å². The number of benzene rings is 6. The highest BCUT2D eigenvalue weighted by Gasteiger charge is 2.22. The van der Waals surface area contributed by atoms with Crippen LogP contribution in [0.2, 0.25) is 0 Å². The molecule has 7 rings (SSSR count). The molecule has 0 amide bonds. The summed E-state index contributed by atoms with van der Waals surface area (Å²) < 4.78 is 0. The molecule has 0 spiro atoms. The third-order valence-corrected chi connectivity index (χ3v) is 9.53.